The van der Waals surface area contributed by atoms with E-state index < -0.39 is 6.10 Å². The average molecular weight is 263 g/mol. The molecule has 2 rings (SSSR count). The van der Waals surface area contributed by atoms with Crippen molar-refractivity contribution in [3.63, 3.8) is 0 Å². The summed E-state index contributed by atoms with van der Waals surface area (Å²) in [5.74, 6) is 0.763. The lowest BCUT2D eigenvalue weighted by molar-refractivity contribution is 0.198. The summed E-state index contributed by atoms with van der Waals surface area (Å²) < 4.78 is 5.67. The molecule has 0 aliphatic carbocycles. The van der Waals surface area contributed by atoms with E-state index in [1.165, 1.54) is 0 Å². The highest BCUT2D eigenvalue weighted by molar-refractivity contribution is 7.09. The Morgan fingerprint density at radius 2 is 2.28 bits per heavy atom. The zero-order chi connectivity index (χ0) is 13.0. The molecular weight excluding hydrogens is 246 g/mol. The molecule has 18 heavy (non-hydrogen) atoms. The zero-order valence-electron chi connectivity index (χ0n) is 10.6. The van der Waals surface area contributed by atoms with Crippen LogP contribution < -0.4 is 4.74 Å². The number of thiazole rings is 1. The smallest absolute Gasteiger partial charge is 0.131 e. The number of rotatable bonds is 5. The summed E-state index contributed by atoms with van der Waals surface area (Å²) in [6.45, 7) is 4.31. The molecule has 0 unspecified atom stereocenters. The molecule has 0 spiro atoms. The molecule has 0 saturated heterocycles. The molecule has 1 heterocycles. The molecule has 2 aromatic rings. The monoisotopic (exact) mass is 263 g/mol. The van der Waals surface area contributed by atoms with E-state index in [1.54, 1.807) is 18.3 Å². The van der Waals surface area contributed by atoms with Gasteiger partial charge in [-0.2, -0.15) is 0 Å². The van der Waals surface area contributed by atoms with Crippen molar-refractivity contribution in [2.75, 3.05) is 0 Å². The molecule has 1 aromatic heterocycles. The number of aromatic nitrogens is 1. The zero-order valence-corrected chi connectivity index (χ0v) is 11.4. The van der Waals surface area contributed by atoms with Crippen LogP contribution in [0.1, 0.15) is 36.2 Å². The van der Waals surface area contributed by atoms with Gasteiger partial charge in [0.25, 0.3) is 0 Å². The number of aryl methyl sites for hydroxylation is 1. The Kier molecular flexibility index (Phi) is 4.33. The van der Waals surface area contributed by atoms with Gasteiger partial charge in [-0.25, -0.2) is 4.98 Å². The third-order valence-electron chi connectivity index (χ3n) is 2.63. The standard InChI is InChI=1S/C14H17NO2S/c1-3-14-15-12(9-18-14)8-17-13-6-4-5-11(7-13)10(2)16/h4-7,9-10,16H,3,8H2,1-2H3/t10-/m0/s1. The third kappa shape index (κ3) is 3.31. The van der Waals surface area contributed by atoms with Crippen LogP contribution in [0.5, 0.6) is 5.75 Å². The van der Waals surface area contributed by atoms with Crippen molar-refractivity contribution in [1.29, 1.82) is 0 Å². The molecule has 0 aliphatic rings. The quantitative estimate of drug-likeness (QED) is 0.899. The van der Waals surface area contributed by atoms with Crippen molar-refractivity contribution in [1.82, 2.24) is 4.98 Å². The number of aliphatic hydroxyl groups excluding tert-OH is 1. The first-order chi connectivity index (χ1) is 8.69. The molecule has 0 radical (unpaired) electrons. The van der Waals surface area contributed by atoms with Gasteiger partial charge in [0.1, 0.15) is 12.4 Å². The van der Waals surface area contributed by atoms with E-state index in [0.717, 1.165) is 28.4 Å². The predicted octanol–water partition coefficient (Wildman–Crippen LogP) is 3.34. The van der Waals surface area contributed by atoms with E-state index in [0.29, 0.717) is 6.61 Å². The van der Waals surface area contributed by atoms with Gasteiger partial charge in [-0.1, -0.05) is 19.1 Å². The Hall–Kier alpha value is -1.39. The van der Waals surface area contributed by atoms with E-state index in [2.05, 4.69) is 11.9 Å². The van der Waals surface area contributed by atoms with Crippen LogP contribution in [0.4, 0.5) is 0 Å². The number of hydrogen-bond donors (Lipinski definition) is 1. The summed E-state index contributed by atoms with van der Waals surface area (Å²) in [7, 11) is 0. The van der Waals surface area contributed by atoms with Gasteiger partial charge in [-0.15, -0.1) is 11.3 Å². The lowest BCUT2D eigenvalue weighted by Gasteiger charge is -2.08. The Balaban J connectivity index is 1.99. The number of benzene rings is 1. The van der Waals surface area contributed by atoms with Gasteiger partial charge in [0, 0.05) is 5.38 Å². The molecule has 1 aromatic carbocycles. The Morgan fingerprint density at radius 1 is 1.44 bits per heavy atom. The van der Waals surface area contributed by atoms with Gasteiger partial charge in [0.2, 0.25) is 0 Å². The van der Waals surface area contributed by atoms with E-state index in [9.17, 15) is 5.11 Å². The van der Waals surface area contributed by atoms with E-state index >= 15 is 0 Å². The lowest BCUT2D eigenvalue weighted by atomic mass is 10.1. The van der Waals surface area contributed by atoms with Gasteiger partial charge in [-0.3, -0.25) is 0 Å². The highest BCUT2D eigenvalue weighted by atomic mass is 32.1. The van der Waals surface area contributed by atoms with Gasteiger partial charge < -0.3 is 9.84 Å². The van der Waals surface area contributed by atoms with Crippen molar-refractivity contribution >= 4 is 11.3 Å². The summed E-state index contributed by atoms with van der Waals surface area (Å²) in [5, 5.41) is 12.7. The predicted molar refractivity (Wildman–Crippen MR) is 72.9 cm³/mol. The maximum Gasteiger partial charge on any atom is 0.131 e. The first-order valence-corrected chi connectivity index (χ1v) is 6.91. The minimum atomic E-state index is -0.473. The highest BCUT2D eigenvalue weighted by Crippen LogP contribution is 2.20. The van der Waals surface area contributed by atoms with Crippen LogP contribution in [0, 0.1) is 0 Å². The normalized spacial score (nSPS) is 12.4. The van der Waals surface area contributed by atoms with Crippen molar-refractivity contribution in [3.8, 4) is 5.75 Å². The fourth-order valence-corrected chi connectivity index (χ4v) is 2.33. The molecule has 3 nitrogen and oxygen atoms in total. The van der Waals surface area contributed by atoms with E-state index in [1.807, 2.05) is 29.6 Å². The van der Waals surface area contributed by atoms with Crippen molar-refractivity contribution in [3.05, 3.63) is 45.9 Å². The van der Waals surface area contributed by atoms with Crippen molar-refractivity contribution in [2.24, 2.45) is 0 Å². The molecule has 1 atom stereocenters. The fourth-order valence-electron chi connectivity index (χ4n) is 1.60. The van der Waals surface area contributed by atoms with E-state index in [4.69, 9.17) is 4.74 Å². The maximum absolute atomic E-state index is 9.50. The number of ether oxygens (including phenoxy) is 1. The molecule has 0 fully saturated rings. The van der Waals surface area contributed by atoms with Crippen LogP contribution in [-0.4, -0.2) is 10.1 Å². The number of nitrogens with zero attached hydrogens (tertiary/aromatic N) is 1. The summed E-state index contributed by atoms with van der Waals surface area (Å²) in [6, 6.07) is 7.52. The molecule has 1 N–H and O–H groups in total. The van der Waals surface area contributed by atoms with Crippen LogP contribution in [0.2, 0.25) is 0 Å². The lowest BCUT2D eigenvalue weighted by Crippen LogP contribution is -1.97. The van der Waals surface area contributed by atoms with Gasteiger partial charge in [-0.05, 0) is 31.0 Å². The molecule has 0 bridgehead atoms. The average Bonchev–Trinajstić information content (AvgIpc) is 2.84. The van der Waals surface area contributed by atoms with Gasteiger partial charge >= 0.3 is 0 Å². The summed E-state index contributed by atoms with van der Waals surface area (Å²) in [6.07, 6.45) is 0.488. The third-order valence-corrected chi connectivity index (χ3v) is 3.67. The Labute approximate surface area is 111 Å². The topological polar surface area (TPSA) is 42.4 Å². The largest absolute Gasteiger partial charge is 0.487 e. The molecule has 0 saturated carbocycles. The van der Waals surface area contributed by atoms with Crippen LogP contribution in [0.3, 0.4) is 0 Å². The van der Waals surface area contributed by atoms with Gasteiger partial charge in [0.05, 0.1) is 16.8 Å². The van der Waals surface area contributed by atoms with E-state index in [-0.39, 0.29) is 0 Å². The summed E-state index contributed by atoms with van der Waals surface area (Å²) in [4.78, 5) is 4.45. The summed E-state index contributed by atoms with van der Waals surface area (Å²) >= 11 is 1.66. The van der Waals surface area contributed by atoms with Crippen molar-refractivity contribution < 1.29 is 9.84 Å². The van der Waals surface area contributed by atoms with Gasteiger partial charge in [0.15, 0.2) is 0 Å². The van der Waals surface area contributed by atoms with Crippen LogP contribution in [-0.2, 0) is 13.0 Å². The molecule has 4 heteroatoms. The SMILES string of the molecule is CCc1nc(COc2cccc([C@H](C)O)c2)cs1. The Bertz CT molecular complexity index is 508. The number of hydrogen-bond acceptors (Lipinski definition) is 4. The second-order valence-electron chi connectivity index (χ2n) is 4.12. The highest BCUT2D eigenvalue weighted by Gasteiger charge is 2.04. The second kappa shape index (κ2) is 5.98. The number of aliphatic hydroxyl groups is 1. The van der Waals surface area contributed by atoms with Crippen LogP contribution in [0.15, 0.2) is 29.6 Å². The molecule has 0 amide bonds. The first-order valence-electron chi connectivity index (χ1n) is 6.03. The minimum absolute atomic E-state index is 0.472. The van der Waals surface area contributed by atoms with Crippen LogP contribution >= 0.6 is 11.3 Å². The Morgan fingerprint density at radius 3 is 2.94 bits per heavy atom. The first kappa shape index (κ1) is 13.1. The molecule has 96 valence electrons. The molecular formula is C14H17NO2S. The fraction of sp³-hybridized carbons (Fsp3) is 0.357. The van der Waals surface area contributed by atoms with Crippen LogP contribution in [0.25, 0.3) is 0 Å². The summed E-state index contributed by atoms with van der Waals surface area (Å²) in [5.41, 5.74) is 1.82. The van der Waals surface area contributed by atoms with Crippen molar-refractivity contribution in [2.45, 2.75) is 33.0 Å². The maximum atomic E-state index is 9.50. The second-order valence-corrected chi connectivity index (χ2v) is 5.07. The molecule has 0 aliphatic heterocycles. The minimum Gasteiger partial charge on any atom is -0.487 e.